The SMILES string of the molecule is CC(C)(C)CCCCOC(=O)/C=C/c1ccc(F)cc1.CC(C)(C)CCCCOC(=O)/C=C/c1ccccc1.CC(C)(C)CCCOCCOC(=O)/C=C/c1ccccc1.CC(C)(C)NCCOCCOCCCC(=O)/C=C/c1ccccc1.Cc1ccc(/C=C/C(=O)OCCCCC(C)(C)C)cc1. The third-order valence-electron chi connectivity index (χ3n) is 14.8. The number of unbranched alkanes of at least 4 members (excludes halogenated alkanes) is 3. The predicted molar refractivity (Wildman–Crippen MR) is 429 cm³/mol. The van der Waals surface area contributed by atoms with Crippen molar-refractivity contribution >= 4 is 60.0 Å². The van der Waals surface area contributed by atoms with Crippen LogP contribution in [0.15, 0.2) is 170 Å². The zero-order valence-electron chi connectivity index (χ0n) is 66.3. The minimum Gasteiger partial charge on any atom is -0.463 e. The van der Waals surface area contributed by atoms with Crippen molar-refractivity contribution in [1.82, 2.24) is 5.32 Å². The molecule has 104 heavy (non-hydrogen) atoms. The summed E-state index contributed by atoms with van der Waals surface area (Å²) in [5.74, 6) is -1.38. The van der Waals surface area contributed by atoms with Gasteiger partial charge in [-0.25, -0.2) is 23.6 Å². The van der Waals surface area contributed by atoms with E-state index in [1.165, 1.54) is 42.0 Å². The number of ketones is 1. The van der Waals surface area contributed by atoms with Gasteiger partial charge in [0, 0.05) is 56.0 Å². The predicted octanol–water partition coefficient (Wildman–Crippen LogP) is 21.4. The highest BCUT2D eigenvalue weighted by Crippen LogP contribution is 2.24. The van der Waals surface area contributed by atoms with Crippen molar-refractivity contribution in [3.8, 4) is 0 Å². The van der Waals surface area contributed by atoms with E-state index in [2.05, 4.69) is 109 Å². The van der Waals surface area contributed by atoms with Crippen LogP contribution >= 0.6 is 0 Å². The first-order valence-corrected chi connectivity index (χ1v) is 37.2. The molecule has 13 nitrogen and oxygen atoms in total. The molecule has 0 aromatic heterocycles. The largest absolute Gasteiger partial charge is 0.463 e. The van der Waals surface area contributed by atoms with Gasteiger partial charge in [0.05, 0.1) is 46.2 Å². The molecular formula is C90H130FNO12. The standard InChI is InChI=1S/C20H31NO3.C18H26O3.C18H26O2.C17H23FO2.C17H24O2/c1-20(2,3)21-13-15-24-17-16-23-14-7-10-19(22)12-11-18-8-5-4-6-9-18;1-18(2,3)12-7-13-20-14-15-21-17(19)11-10-16-8-5-4-6-9-16;1-15-7-9-16(10-8-15)11-12-17(19)20-14-6-5-13-18(2,3)4;1-17(2,3)12-4-5-13-20-16(19)11-8-14-6-9-15(18)10-7-14;1-17(2,3)13-7-8-14-19-16(18)12-11-15-9-5-4-6-10-15/h4-6,8-9,11-12,21H,7,10,13-17H2,1-3H3;4-6,8-11H,7,12-15H2,1-3H3;7-12H,5-6,13-14H2,1-4H3;6-11H,4-5,12-13H2,1-3H3;4-6,9-12H,7-8,13-14H2,1-3H3/b12-11+;11-10+;12-11+;11-8+;12-11+. The van der Waals surface area contributed by atoms with Crippen LogP contribution in [0.5, 0.6) is 0 Å². The lowest BCUT2D eigenvalue weighted by molar-refractivity contribution is -0.139. The Kier molecular flexibility index (Phi) is 50.3. The lowest BCUT2D eigenvalue weighted by atomic mass is 9.90. The number of ether oxygens (including phenoxy) is 7. The average molecular weight is 1440 g/mol. The molecule has 0 saturated heterocycles. The summed E-state index contributed by atoms with van der Waals surface area (Å²) >= 11 is 0. The van der Waals surface area contributed by atoms with Gasteiger partial charge in [0.1, 0.15) is 12.4 Å². The third kappa shape index (κ3) is 63.8. The molecular weight excluding hydrogens is 1310 g/mol. The topological polar surface area (TPSA) is 162 Å². The fraction of sp³-hybridized carbons (Fsp3) is 0.500. The van der Waals surface area contributed by atoms with Crippen LogP contribution in [-0.2, 0) is 57.1 Å². The second kappa shape index (κ2) is 55.6. The molecule has 5 rings (SSSR count). The Labute approximate surface area is 626 Å². The second-order valence-electron chi connectivity index (χ2n) is 31.3. The molecule has 0 heterocycles. The van der Waals surface area contributed by atoms with E-state index in [0.717, 1.165) is 111 Å². The van der Waals surface area contributed by atoms with E-state index >= 15 is 0 Å². The van der Waals surface area contributed by atoms with Gasteiger partial charge in [0.15, 0.2) is 5.78 Å². The highest BCUT2D eigenvalue weighted by molar-refractivity contribution is 5.93. The summed E-state index contributed by atoms with van der Waals surface area (Å²) in [5.41, 5.74) is 7.54. The van der Waals surface area contributed by atoms with Gasteiger partial charge in [-0.05, 0) is 197 Å². The van der Waals surface area contributed by atoms with Crippen molar-refractivity contribution in [2.75, 3.05) is 72.6 Å². The van der Waals surface area contributed by atoms with Crippen LogP contribution in [0.4, 0.5) is 4.39 Å². The molecule has 0 fully saturated rings. The number of nitrogens with one attached hydrogen (secondary N) is 1. The molecule has 0 aliphatic heterocycles. The fourth-order valence-corrected chi connectivity index (χ4v) is 9.03. The quantitative estimate of drug-likeness (QED) is 0.0172. The normalized spacial score (nSPS) is 11.8. The summed E-state index contributed by atoms with van der Waals surface area (Å²) in [7, 11) is 0. The van der Waals surface area contributed by atoms with Crippen LogP contribution in [0.25, 0.3) is 30.4 Å². The maximum Gasteiger partial charge on any atom is 0.330 e. The van der Waals surface area contributed by atoms with Gasteiger partial charge in [-0.3, -0.25) is 4.79 Å². The van der Waals surface area contributed by atoms with E-state index in [1.54, 1.807) is 42.5 Å². The van der Waals surface area contributed by atoms with Crippen molar-refractivity contribution in [3.05, 3.63) is 209 Å². The Balaban J connectivity index is 0.000000651. The Bertz CT molecular complexity index is 3110. The van der Waals surface area contributed by atoms with Gasteiger partial charge in [-0.1, -0.05) is 222 Å². The second-order valence-corrected chi connectivity index (χ2v) is 31.3. The molecule has 0 radical (unpaired) electrons. The molecule has 1 N–H and O–H groups in total. The number of esters is 4. The number of hydrogen-bond donors (Lipinski definition) is 1. The first kappa shape index (κ1) is 94.1. The molecule has 0 amide bonds. The number of rotatable bonds is 38. The maximum absolute atomic E-state index is 12.7. The molecule has 0 aliphatic carbocycles. The minimum atomic E-state index is -0.356. The molecule has 0 spiro atoms. The van der Waals surface area contributed by atoms with Gasteiger partial charge in [-0.2, -0.15) is 0 Å². The maximum atomic E-state index is 12.7. The summed E-state index contributed by atoms with van der Waals surface area (Å²) < 4.78 is 49.6. The van der Waals surface area contributed by atoms with E-state index < -0.39 is 0 Å². The monoisotopic (exact) mass is 1440 g/mol. The van der Waals surface area contributed by atoms with Gasteiger partial charge < -0.3 is 38.5 Å². The number of carbonyl (C=O) groups excluding carboxylic acids is 5. The Morgan fingerprint density at radius 1 is 0.327 bits per heavy atom. The van der Waals surface area contributed by atoms with Gasteiger partial charge >= 0.3 is 23.9 Å². The fourth-order valence-electron chi connectivity index (χ4n) is 9.03. The van der Waals surface area contributed by atoms with Crippen LogP contribution in [0.2, 0.25) is 0 Å². The molecule has 0 unspecified atom stereocenters. The molecule has 5 aromatic rings. The smallest absolute Gasteiger partial charge is 0.330 e. The number of aryl methyl sites for hydroxylation is 1. The van der Waals surface area contributed by atoms with Gasteiger partial charge in [-0.15, -0.1) is 0 Å². The average Bonchev–Trinajstić information content (AvgIpc) is 0.992. The molecule has 14 heteroatoms. The van der Waals surface area contributed by atoms with E-state index in [-0.39, 0.29) is 41.0 Å². The number of carbonyl (C=O) groups is 5. The van der Waals surface area contributed by atoms with E-state index in [4.69, 9.17) is 33.2 Å². The summed E-state index contributed by atoms with van der Waals surface area (Å²) in [5, 5.41) is 3.36. The number of halogens is 1. The van der Waals surface area contributed by atoms with Crippen LogP contribution in [-0.4, -0.2) is 108 Å². The highest BCUT2D eigenvalue weighted by atomic mass is 19.1. The van der Waals surface area contributed by atoms with E-state index in [1.807, 2.05) is 128 Å². The van der Waals surface area contributed by atoms with Crippen LogP contribution in [0, 0.1) is 34.4 Å². The van der Waals surface area contributed by atoms with Crippen molar-refractivity contribution in [3.63, 3.8) is 0 Å². The molecule has 574 valence electrons. The summed E-state index contributed by atoms with van der Waals surface area (Å²) in [6, 6.07) is 43.2. The third-order valence-corrected chi connectivity index (χ3v) is 14.8. The molecule has 0 bridgehead atoms. The van der Waals surface area contributed by atoms with E-state index in [0.29, 0.717) is 94.1 Å². The Morgan fingerprint density at radius 2 is 0.625 bits per heavy atom. The van der Waals surface area contributed by atoms with E-state index in [9.17, 15) is 28.4 Å². The lowest BCUT2D eigenvalue weighted by Gasteiger charge is -2.20. The molecule has 0 atom stereocenters. The number of allylic oxidation sites excluding steroid dienone is 1. The van der Waals surface area contributed by atoms with Gasteiger partial charge in [0.25, 0.3) is 0 Å². The zero-order valence-corrected chi connectivity index (χ0v) is 66.3. The molecule has 0 aliphatic rings. The van der Waals surface area contributed by atoms with Crippen molar-refractivity contribution in [2.24, 2.45) is 21.7 Å². The zero-order chi connectivity index (χ0) is 77.4. The number of benzene rings is 5. The minimum absolute atomic E-state index is 0.126. The van der Waals surface area contributed by atoms with Crippen molar-refractivity contribution < 1.29 is 61.5 Å². The summed E-state index contributed by atoms with van der Waals surface area (Å²) in [4.78, 5) is 57.7. The Hall–Kier alpha value is -7.88. The molecule has 0 saturated carbocycles. The lowest BCUT2D eigenvalue weighted by Crippen LogP contribution is -2.38. The first-order valence-electron chi connectivity index (χ1n) is 37.2. The van der Waals surface area contributed by atoms with Crippen molar-refractivity contribution in [2.45, 2.75) is 200 Å². The summed E-state index contributed by atoms with van der Waals surface area (Å²) in [6.07, 6.45) is 29.1. The van der Waals surface area contributed by atoms with Gasteiger partial charge in [0.2, 0.25) is 0 Å². The highest BCUT2D eigenvalue weighted by Gasteiger charge is 2.13. The Morgan fingerprint density at radius 3 is 0.981 bits per heavy atom. The first-order chi connectivity index (χ1) is 49.1. The van der Waals surface area contributed by atoms with Crippen LogP contribution in [0.1, 0.15) is 221 Å². The molecule has 5 aromatic carbocycles. The number of hydrogen-bond acceptors (Lipinski definition) is 13. The van der Waals surface area contributed by atoms with Crippen LogP contribution in [0.3, 0.4) is 0 Å². The van der Waals surface area contributed by atoms with Crippen molar-refractivity contribution in [1.29, 1.82) is 0 Å². The summed E-state index contributed by atoms with van der Waals surface area (Å²) in [6.45, 7) is 41.2. The van der Waals surface area contributed by atoms with Crippen LogP contribution < -0.4 is 5.32 Å².